The van der Waals surface area contributed by atoms with Gasteiger partial charge in [0.25, 0.3) is 5.56 Å². The van der Waals surface area contributed by atoms with Crippen LogP contribution in [0.25, 0.3) is 0 Å². The standard InChI is InChI=1S/C18H16ClN3O2/c19-9-17(23)22-7-6-13-14(10-20)18(24)21-16(15(13)11-22)8-12-4-2-1-3-5-12/h1-5H,6-9,11H2,(H,21,24). The first-order valence-electron chi connectivity index (χ1n) is 7.68. The third kappa shape index (κ3) is 3.06. The predicted molar refractivity (Wildman–Crippen MR) is 90.9 cm³/mol. The number of hydrogen-bond donors (Lipinski definition) is 1. The molecule has 1 aromatic heterocycles. The highest BCUT2D eigenvalue weighted by molar-refractivity contribution is 6.27. The molecule has 1 aliphatic rings. The molecular weight excluding hydrogens is 326 g/mol. The molecule has 0 bridgehead atoms. The Morgan fingerprint density at radius 2 is 2.04 bits per heavy atom. The van der Waals surface area contributed by atoms with Gasteiger partial charge in [-0.3, -0.25) is 9.59 Å². The van der Waals surface area contributed by atoms with Crippen molar-refractivity contribution in [1.82, 2.24) is 9.88 Å². The number of amides is 1. The van der Waals surface area contributed by atoms with E-state index < -0.39 is 0 Å². The molecule has 0 aliphatic carbocycles. The van der Waals surface area contributed by atoms with Crippen LogP contribution in [0.5, 0.6) is 0 Å². The molecule has 1 amide bonds. The molecule has 122 valence electrons. The molecule has 0 saturated carbocycles. The molecule has 6 heteroatoms. The molecule has 5 nitrogen and oxygen atoms in total. The number of benzene rings is 1. The van der Waals surface area contributed by atoms with Gasteiger partial charge in [0.05, 0.1) is 0 Å². The summed E-state index contributed by atoms with van der Waals surface area (Å²) < 4.78 is 0. The fourth-order valence-electron chi connectivity index (χ4n) is 3.10. The number of aromatic nitrogens is 1. The van der Waals surface area contributed by atoms with E-state index in [0.29, 0.717) is 25.9 Å². The van der Waals surface area contributed by atoms with E-state index in [9.17, 15) is 14.9 Å². The summed E-state index contributed by atoms with van der Waals surface area (Å²) in [5.74, 6) is -0.213. The minimum atomic E-state index is -0.362. The molecule has 0 fully saturated rings. The summed E-state index contributed by atoms with van der Waals surface area (Å²) in [7, 11) is 0. The third-order valence-corrected chi connectivity index (χ3v) is 4.53. The van der Waals surface area contributed by atoms with Crippen LogP contribution < -0.4 is 5.56 Å². The van der Waals surface area contributed by atoms with E-state index in [0.717, 1.165) is 22.4 Å². The maximum atomic E-state index is 12.2. The summed E-state index contributed by atoms with van der Waals surface area (Å²) >= 11 is 5.66. The summed E-state index contributed by atoms with van der Waals surface area (Å²) in [6.45, 7) is 0.843. The van der Waals surface area contributed by atoms with E-state index in [1.807, 2.05) is 36.4 Å². The number of carbonyl (C=O) groups is 1. The SMILES string of the molecule is N#Cc1c2c(c(Cc3ccccc3)[nH]c1=O)CN(C(=O)CCl)CC2. The second kappa shape index (κ2) is 6.90. The highest BCUT2D eigenvalue weighted by atomic mass is 35.5. The van der Waals surface area contributed by atoms with Gasteiger partial charge in [0.15, 0.2) is 0 Å². The zero-order valence-electron chi connectivity index (χ0n) is 13.0. The molecule has 0 spiro atoms. The number of alkyl halides is 1. The number of nitrogens with zero attached hydrogens (tertiary/aromatic N) is 2. The van der Waals surface area contributed by atoms with E-state index in [2.05, 4.69) is 4.98 Å². The minimum absolute atomic E-state index is 0.0716. The Morgan fingerprint density at radius 1 is 1.29 bits per heavy atom. The minimum Gasteiger partial charge on any atom is -0.337 e. The molecule has 1 N–H and O–H groups in total. The fourth-order valence-corrected chi connectivity index (χ4v) is 3.26. The number of nitriles is 1. The van der Waals surface area contributed by atoms with Gasteiger partial charge in [0, 0.05) is 25.2 Å². The first-order valence-corrected chi connectivity index (χ1v) is 8.22. The second-order valence-corrected chi connectivity index (χ2v) is 6.01. The van der Waals surface area contributed by atoms with Gasteiger partial charge in [-0.2, -0.15) is 5.26 Å². The molecule has 24 heavy (non-hydrogen) atoms. The quantitative estimate of drug-likeness (QED) is 0.867. The van der Waals surface area contributed by atoms with E-state index in [4.69, 9.17) is 11.6 Å². The number of carbonyl (C=O) groups excluding carboxylic acids is 1. The highest BCUT2D eigenvalue weighted by Gasteiger charge is 2.26. The zero-order valence-corrected chi connectivity index (χ0v) is 13.8. The molecule has 1 aromatic carbocycles. The third-order valence-electron chi connectivity index (χ3n) is 4.31. The second-order valence-electron chi connectivity index (χ2n) is 5.74. The summed E-state index contributed by atoms with van der Waals surface area (Å²) in [6, 6.07) is 11.8. The van der Waals surface area contributed by atoms with Crippen LogP contribution in [0.1, 0.15) is 27.9 Å². The molecule has 2 aromatic rings. The van der Waals surface area contributed by atoms with Crippen LogP contribution in [0.2, 0.25) is 0 Å². The van der Waals surface area contributed by atoms with Gasteiger partial charge in [-0.25, -0.2) is 0 Å². The average Bonchev–Trinajstić information content (AvgIpc) is 2.62. The Balaban J connectivity index is 2.07. The maximum absolute atomic E-state index is 12.2. The lowest BCUT2D eigenvalue weighted by molar-refractivity contribution is -0.129. The summed E-state index contributed by atoms with van der Waals surface area (Å²) in [5, 5.41) is 9.30. The Labute approximate surface area is 144 Å². The van der Waals surface area contributed by atoms with Crippen molar-refractivity contribution in [3.8, 4) is 6.07 Å². The molecule has 2 heterocycles. The van der Waals surface area contributed by atoms with E-state index in [1.54, 1.807) is 4.90 Å². The average molecular weight is 342 g/mol. The Kier molecular flexibility index (Phi) is 4.68. The van der Waals surface area contributed by atoms with E-state index in [1.165, 1.54) is 0 Å². The lowest BCUT2D eigenvalue weighted by atomic mass is 9.92. The Bertz CT molecular complexity index is 868. The van der Waals surface area contributed by atoms with Crippen LogP contribution in [0.15, 0.2) is 35.1 Å². The van der Waals surface area contributed by atoms with Crippen LogP contribution in [0, 0.1) is 11.3 Å². The number of rotatable bonds is 3. The van der Waals surface area contributed by atoms with Crippen molar-refractivity contribution >= 4 is 17.5 Å². The first kappa shape index (κ1) is 16.3. The van der Waals surface area contributed by atoms with Crippen molar-refractivity contribution < 1.29 is 4.79 Å². The van der Waals surface area contributed by atoms with Crippen molar-refractivity contribution in [1.29, 1.82) is 5.26 Å². The molecule has 0 unspecified atom stereocenters. The normalized spacial score (nSPS) is 13.2. The molecule has 0 atom stereocenters. The molecule has 0 radical (unpaired) electrons. The Hall–Kier alpha value is -2.58. The zero-order chi connectivity index (χ0) is 17.1. The number of fused-ring (bicyclic) bond motifs is 1. The van der Waals surface area contributed by atoms with Crippen molar-refractivity contribution in [3.63, 3.8) is 0 Å². The topological polar surface area (TPSA) is 77.0 Å². The van der Waals surface area contributed by atoms with Gasteiger partial charge in [0.2, 0.25) is 5.91 Å². The number of halogens is 1. The van der Waals surface area contributed by atoms with Crippen LogP contribution in [-0.2, 0) is 24.2 Å². The number of nitrogens with one attached hydrogen (secondary N) is 1. The monoisotopic (exact) mass is 341 g/mol. The number of pyridine rings is 1. The molecule has 3 rings (SSSR count). The summed E-state index contributed by atoms with van der Waals surface area (Å²) in [5.41, 5.74) is 3.22. The van der Waals surface area contributed by atoms with Gasteiger partial charge in [-0.1, -0.05) is 30.3 Å². The van der Waals surface area contributed by atoms with Gasteiger partial charge in [-0.05, 0) is 23.1 Å². The van der Waals surface area contributed by atoms with Gasteiger partial charge < -0.3 is 9.88 Å². The van der Waals surface area contributed by atoms with Gasteiger partial charge in [-0.15, -0.1) is 11.6 Å². The molecular formula is C18H16ClN3O2. The lowest BCUT2D eigenvalue weighted by Gasteiger charge is -2.30. The molecule has 0 saturated heterocycles. The van der Waals surface area contributed by atoms with Crippen LogP contribution >= 0.6 is 11.6 Å². The largest absolute Gasteiger partial charge is 0.337 e. The van der Waals surface area contributed by atoms with Crippen LogP contribution in [-0.4, -0.2) is 28.2 Å². The fraction of sp³-hybridized carbons (Fsp3) is 0.278. The van der Waals surface area contributed by atoms with Crippen LogP contribution in [0.4, 0.5) is 0 Å². The Morgan fingerprint density at radius 3 is 2.71 bits per heavy atom. The predicted octanol–water partition coefficient (Wildman–Crippen LogP) is 1.96. The molecule has 1 aliphatic heterocycles. The highest BCUT2D eigenvalue weighted by Crippen LogP contribution is 2.24. The number of H-pyrrole nitrogens is 1. The van der Waals surface area contributed by atoms with Gasteiger partial charge in [0.1, 0.15) is 17.5 Å². The first-order chi connectivity index (χ1) is 11.6. The van der Waals surface area contributed by atoms with Crippen molar-refractivity contribution in [2.45, 2.75) is 19.4 Å². The summed E-state index contributed by atoms with van der Waals surface area (Å²) in [6.07, 6.45) is 1.04. The maximum Gasteiger partial charge on any atom is 0.266 e. The van der Waals surface area contributed by atoms with Crippen molar-refractivity contribution in [3.05, 3.63) is 68.6 Å². The van der Waals surface area contributed by atoms with E-state index in [-0.39, 0.29) is 22.9 Å². The number of hydrogen-bond acceptors (Lipinski definition) is 3. The summed E-state index contributed by atoms with van der Waals surface area (Å²) in [4.78, 5) is 28.7. The number of aromatic amines is 1. The smallest absolute Gasteiger partial charge is 0.266 e. The van der Waals surface area contributed by atoms with Gasteiger partial charge >= 0.3 is 0 Å². The van der Waals surface area contributed by atoms with E-state index >= 15 is 0 Å². The van der Waals surface area contributed by atoms with Crippen molar-refractivity contribution in [2.24, 2.45) is 0 Å². The van der Waals surface area contributed by atoms with Crippen LogP contribution in [0.3, 0.4) is 0 Å². The van der Waals surface area contributed by atoms with Crippen molar-refractivity contribution in [2.75, 3.05) is 12.4 Å². The lowest BCUT2D eigenvalue weighted by Crippen LogP contribution is -2.39.